The van der Waals surface area contributed by atoms with Crippen LogP contribution in [0.1, 0.15) is 187 Å². The summed E-state index contributed by atoms with van der Waals surface area (Å²) < 4.78 is 22.0. The highest BCUT2D eigenvalue weighted by Gasteiger charge is 2.26. The molecule has 0 aliphatic carbocycles. The zero-order valence-corrected chi connectivity index (χ0v) is 32.1. The number of nitrogens with two attached hydrogens (primary N) is 1. The van der Waals surface area contributed by atoms with E-state index in [0.717, 1.165) is 32.1 Å². The van der Waals surface area contributed by atoms with Gasteiger partial charge in [0.05, 0.1) is 25.4 Å². The van der Waals surface area contributed by atoms with E-state index < -0.39 is 20.0 Å². The normalized spacial score (nSPS) is 14.5. The molecule has 1 amide bonds. The van der Waals surface area contributed by atoms with E-state index in [9.17, 15) is 19.4 Å². The maximum absolute atomic E-state index is 12.7. The molecule has 0 aliphatic heterocycles. The molecule has 0 rings (SSSR count). The van der Waals surface area contributed by atoms with Gasteiger partial charge in [0.2, 0.25) is 5.91 Å². The van der Waals surface area contributed by atoms with Gasteiger partial charge in [-0.1, -0.05) is 186 Å². The van der Waals surface area contributed by atoms with E-state index in [1.165, 1.54) is 135 Å². The van der Waals surface area contributed by atoms with Crippen molar-refractivity contribution in [1.82, 2.24) is 5.32 Å². The molecule has 0 saturated heterocycles. The predicted molar refractivity (Wildman–Crippen MR) is 203 cm³/mol. The second-order valence-electron chi connectivity index (χ2n) is 13.5. The molecular weight excluding hydrogens is 623 g/mol. The Kier molecular flexibility index (Phi) is 35.0. The molecule has 48 heavy (non-hydrogen) atoms. The van der Waals surface area contributed by atoms with Crippen LogP contribution < -0.4 is 11.1 Å². The Morgan fingerprint density at radius 3 is 1.58 bits per heavy atom. The standard InChI is InChI=1S/C39H77N2O6P/c1-3-5-7-9-11-13-14-15-16-17-18-19-20-21-22-23-25-27-29-31-33-39(43)41-37(36-47-48(44,45)46-35-34-40)38(42)32-30-28-26-24-12-10-8-6-4-2/h26,28,30,32,37-38,42H,3-25,27,29,31,33-36,40H2,1-2H3,(H,41,43)(H,44,45)/b28-26+,32-30+/t37-,38+/m0/s1. The number of amides is 1. The molecule has 9 heteroatoms. The second-order valence-corrected chi connectivity index (χ2v) is 15.0. The first kappa shape index (κ1) is 47.0. The van der Waals surface area contributed by atoms with Gasteiger partial charge in [0.25, 0.3) is 0 Å². The van der Waals surface area contributed by atoms with E-state index in [1.807, 2.05) is 6.08 Å². The van der Waals surface area contributed by atoms with E-state index in [1.54, 1.807) is 12.2 Å². The van der Waals surface area contributed by atoms with Gasteiger partial charge >= 0.3 is 7.82 Å². The number of phosphoric acid groups is 1. The number of aliphatic hydroxyl groups is 1. The van der Waals surface area contributed by atoms with Gasteiger partial charge in [-0.3, -0.25) is 13.8 Å². The lowest BCUT2D eigenvalue weighted by atomic mass is 10.0. The first-order valence-corrected chi connectivity index (χ1v) is 21.5. The molecular formula is C39H77N2O6P. The summed E-state index contributed by atoms with van der Waals surface area (Å²) in [7, 11) is -4.34. The molecule has 0 saturated carbocycles. The van der Waals surface area contributed by atoms with Crippen molar-refractivity contribution in [3.05, 3.63) is 24.3 Å². The van der Waals surface area contributed by atoms with Crippen molar-refractivity contribution in [2.24, 2.45) is 5.73 Å². The van der Waals surface area contributed by atoms with Gasteiger partial charge in [-0.15, -0.1) is 0 Å². The summed E-state index contributed by atoms with van der Waals surface area (Å²) >= 11 is 0. The number of hydrogen-bond donors (Lipinski definition) is 4. The highest BCUT2D eigenvalue weighted by atomic mass is 31.2. The number of carbonyl (C=O) groups excluding carboxylic acids is 1. The summed E-state index contributed by atoms with van der Waals surface area (Å²) in [5, 5.41) is 13.5. The number of carbonyl (C=O) groups is 1. The van der Waals surface area contributed by atoms with Crippen molar-refractivity contribution in [3.63, 3.8) is 0 Å². The van der Waals surface area contributed by atoms with Crippen LogP contribution in [0, 0.1) is 0 Å². The van der Waals surface area contributed by atoms with Gasteiger partial charge in [0.15, 0.2) is 0 Å². The van der Waals surface area contributed by atoms with Gasteiger partial charge in [-0.05, 0) is 19.3 Å². The van der Waals surface area contributed by atoms with Gasteiger partial charge in [-0.2, -0.15) is 0 Å². The lowest BCUT2D eigenvalue weighted by Gasteiger charge is -2.23. The van der Waals surface area contributed by atoms with Crippen LogP contribution in [-0.2, 0) is 18.4 Å². The zero-order valence-electron chi connectivity index (χ0n) is 31.2. The first-order chi connectivity index (χ1) is 23.4. The van der Waals surface area contributed by atoms with Crippen LogP contribution in [0.2, 0.25) is 0 Å². The van der Waals surface area contributed by atoms with Gasteiger partial charge in [-0.25, -0.2) is 4.57 Å². The fraction of sp³-hybridized carbons (Fsp3) is 0.872. The molecule has 0 heterocycles. The number of allylic oxidation sites excluding steroid dienone is 3. The van der Waals surface area contributed by atoms with Crippen LogP contribution in [-0.4, -0.2) is 47.8 Å². The monoisotopic (exact) mass is 701 g/mol. The number of unbranched alkanes of at least 4 members (excludes halogenated alkanes) is 24. The number of phosphoric ester groups is 1. The van der Waals surface area contributed by atoms with Crippen molar-refractivity contribution in [1.29, 1.82) is 0 Å². The molecule has 0 spiro atoms. The summed E-state index contributed by atoms with van der Waals surface area (Å²) in [5.41, 5.74) is 5.34. The molecule has 0 fully saturated rings. The molecule has 0 aliphatic rings. The Balaban J connectivity index is 4.12. The smallest absolute Gasteiger partial charge is 0.387 e. The SMILES string of the molecule is CCCCCCC/C=C/C=C/[C@@H](O)[C@H](COP(=O)(O)OCCN)NC(=O)CCCCCCCCCCCCCCCCCCCCCC. The molecule has 8 nitrogen and oxygen atoms in total. The summed E-state index contributed by atoms with van der Waals surface area (Å²) in [4.78, 5) is 22.6. The topological polar surface area (TPSA) is 131 Å². The Morgan fingerprint density at radius 2 is 1.12 bits per heavy atom. The molecule has 3 atom stereocenters. The largest absolute Gasteiger partial charge is 0.472 e. The van der Waals surface area contributed by atoms with E-state index in [0.29, 0.717) is 6.42 Å². The Morgan fingerprint density at radius 1 is 0.688 bits per heavy atom. The van der Waals surface area contributed by atoms with Crippen LogP contribution in [0.5, 0.6) is 0 Å². The van der Waals surface area contributed by atoms with Crippen LogP contribution in [0.3, 0.4) is 0 Å². The zero-order chi connectivity index (χ0) is 35.4. The Hall–Kier alpha value is -1.02. The van der Waals surface area contributed by atoms with Gasteiger partial charge < -0.3 is 21.1 Å². The minimum Gasteiger partial charge on any atom is -0.387 e. The molecule has 0 bridgehead atoms. The van der Waals surface area contributed by atoms with Gasteiger partial charge in [0, 0.05) is 13.0 Å². The number of nitrogens with one attached hydrogen (secondary N) is 1. The lowest BCUT2D eigenvalue weighted by molar-refractivity contribution is -0.123. The third-order valence-electron chi connectivity index (χ3n) is 8.84. The molecule has 1 unspecified atom stereocenters. The van der Waals surface area contributed by atoms with Gasteiger partial charge in [0.1, 0.15) is 0 Å². The minimum absolute atomic E-state index is 0.0733. The van der Waals surface area contributed by atoms with Crippen molar-refractivity contribution in [2.45, 2.75) is 199 Å². The highest BCUT2D eigenvalue weighted by molar-refractivity contribution is 7.47. The summed E-state index contributed by atoms with van der Waals surface area (Å²) in [6.07, 6.45) is 39.7. The van der Waals surface area contributed by atoms with Crippen molar-refractivity contribution < 1.29 is 28.4 Å². The molecule has 0 radical (unpaired) electrons. The average Bonchev–Trinajstić information content (AvgIpc) is 3.07. The Bertz CT molecular complexity index is 809. The summed E-state index contributed by atoms with van der Waals surface area (Å²) in [5.74, 6) is -0.211. The lowest BCUT2D eigenvalue weighted by Crippen LogP contribution is -2.45. The highest BCUT2D eigenvalue weighted by Crippen LogP contribution is 2.43. The fourth-order valence-corrected chi connectivity index (χ4v) is 6.54. The number of hydrogen-bond acceptors (Lipinski definition) is 6. The predicted octanol–water partition coefficient (Wildman–Crippen LogP) is 10.6. The van der Waals surface area contributed by atoms with E-state index >= 15 is 0 Å². The third-order valence-corrected chi connectivity index (χ3v) is 9.82. The molecule has 5 N–H and O–H groups in total. The van der Waals surface area contributed by atoms with E-state index in [-0.39, 0.29) is 25.7 Å². The van der Waals surface area contributed by atoms with E-state index in [2.05, 4.69) is 25.2 Å². The second kappa shape index (κ2) is 35.8. The fourth-order valence-electron chi connectivity index (χ4n) is 5.78. The average molecular weight is 701 g/mol. The van der Waals surface area contributed by atoms with Crippen LogP contribution >= 0.6 is 7.82 Å². The van der Waals surface area contributed by atoms with E-state index in [4.69, 9.17) is 14.8 Å². The maximum atomic E-state index is 12.7. The minimum atomic E-state index is -4.34. The Labute approximate surface area is 296 Å². The summed E-state index contributed by atoms with van der Waals surface area (Å²) in [6.45, 7) is 4.06. The number of rotatable bonds is 37. The molecule has 0 aromatic carbocycles. The van der Waals surface area contributed by atoms with Crippen molar-refractivity contribution in [3.8, 4) is 0 Å². The third kappa shape index (κ3) is 33.5. The molecule has 0 aromatic rings. The molecule has 284 valence electrons. The molecule has 0 aromatic heterocycles. The van der Waals surface area contributed by atoms with Crippen molar-refractivity contribution >= 4 is 13.7 Å². The first-order valence-electron chi connectivity index (χ1n) is 20.0. The van der Waals surface area contributed by atoms with Crippen molar-refractivity contribution in [2.75, 3.05) is 19.8 Å². The van der Waals surface area contributed by atoms with Crippen LogP contribution in [0.15, 0.2) is 24.3 Å². The quantitative estimate of drug-likeness (QED) is 0.0288. The summed E-state index contributed by atoms with van der Waals surface area (Å²) in [6, 6.07) is -0.886. The number of aliphatic hydroxyl groups excluding tert-OH is 1. The van der Waals surface area contributed by atoms with Crippen LogP contribution in [0.25, 0.3) is 0 Å². The maximum Gasteiger partial charge on any atom is 0.472 e. The van der Waals surface area contributed by atoms with Crippen LogP contribution in [0.4, 0.5) is 0 Å².